The minimum atomic E-state index is -0.457. The van der Waals surface area contributed by atoms with Crippen LogP contribution in [0.3, 0.4) is 0 Å². The number of ether oxygens (including phenoxy) is 2. The summed E-state index contributed by atoms with van der Waals surface area (Å²) in [5.41, 5.74) is 3.79. The quantitative estimate of drug-likeness (QED) is 0.344. The number of benzene rings is 3. The molecule has 0 spiro atoms. The Kier molecular flexibility index (Phi) is 5.00. The highest BCUT2D eigenvalue weighted by Crippen LogP contribution is 2.37. The van der Waals surface area contributed by atoms with Crippen LogP contribution in [-0.4, -0.2) is 11.8 Å². The van der Waals surface area contributed by atoms with Crippen molar-refractivity contribution in [1.82, 2.24) is 0 Å². The Bertz CT molecular complexity index is 1110. The summed E-state index contributed by atoms with van der Waals surface area (Å²) >= 11 is 0. The third kappa shape index (κ3) is 3.83. The standard InChI is InChI=1S/C25H20O4/c1-3-17-9-11-18(12-10-17)14-22-24(26)23-16(2)13-20(15-21(23)29-22)28-25(27)19-7-5-4-6-8-19/h4-15H,3H2,1-2H3/b22-14-. The molecule has 4 rings (SSSR count). The predicted molar refractivity (Wildman–Crippen MR) is 111 cm³/mol. The zero-order chi connectivity index (χ0) is 20.4. The summed E-state index contributed by atoms with van der Waals surface area (Å²) in [5, 5.41) is 0. The number of carbonyl (C=O) groups excluding carboxylic acids is 2. The van der Waals surface area contributed by atoms with Crippen molar-refractivity contribution in [3.63, 3.8) is 0 Å². The molecule has 0 unspecified atom stereocenters. The van der Waals surface area contributed by atoms with Gasteiger partial charge in [-0.3, -0.25) is 4.79 Å². The molecular weight excluding hydrogens is 364 g/mol. The van der Waals surface area contributed by atoms with Gasteiger partial charge < -0.3 is 9.47 Å². The number of hydrogen-bond acceptors (Lipinski definition) is 4. The molecule has 3 aromatic rings. The third-order valence-electron chi connectivity index (χ3n) is 4.85. The van der Waals surface area contributed by atoms with Gasteiger partial charge in [-0.25, -0.2) is 4.79 Å². The summed E-state index contributed by atoms with van der Waals surface area (Å²) < 4.78 is 11.3. The Hall–Kier alpha value is -3.66. The molecule has 0 radical (unpaired) electrons. The molecule has 0 saturated carbocycles. The molecule has 4 heteroatoms. The van der Waals surface area contributed by atoms with Gasteiger partial charge in [0.25, 0.3) is 0 Å². The van der Waals surface area contributed by atoms with Crippen LogP contribution in [0.1, 0.15) is 44.3 Å². The van der Waals surface area contributed by atoms with Gasteiger partial charge in [0.1, 0.15) is 11.5 Å². The van der Waals surface area contributed by atoms with Crippen molar-refractivity contribution in [2.75, 3.05) is 0 Å². The Balaban J connectivity index is 1.59. The Morgan fingerprint density at radius 1 is 1.03 bits per heavy atom. The van der Waals surface area contributed by atoms with Crippen molar-refractivity contribution < 1.29 is 19.1 Å². The number of carbonyl (C=O) groups is 2. The number of fused-ring (bicyclic) bond motifs is 1. The highest BCUT2D eigenvalue weighted by molar-refractivity contribution is 6.15. The van der Waals surface area contributed by atoms with E-state index in [2.05, 4.69) is 6.92 Å². The molecule has 29 heavy (non-hydrogen) atoms. The van der Waals surface area contributed by atoms with E-state index in [9.17, 15) is 9.59 Å². The van der Waals surface area contributed by atoms with Gasteiger partial charge in [-0.1, -0.05) is 49.4 Å². The van der Waals surface area contributed by atoms with E-state index in [1.54, 1.807) is 49.4 Å². The fourth-order valence-corrected chi connectivity index (χ4v) is 3.28. The van der Waals surface area contributed by atoms with Crippen LogP contribution >= 0.6 is 0 Å². The summed E-state index contributed by atoms with van der Waals surface area (Å²) in [6.45, 7) is 3.90. The topological polar surface area (TPSA) is 52.6 Å². The van der Waals surface area contributed by atoms with Gasteiger partial charge in [-0.15, -0.1) is 0 Å². The lowest BCUT2D eigenvalue weighted by Gasteiger charge is -2.07. The summed E-state index contributed by atoms with van der Waals surface area (Å²) in [6, 6.07) is 20.0. The normalized spacial score (nSPS) is 13.9. The number of allylic oxidation sites excluding steroid dienone is 1. The molecule has 0 bridgehead atoms. The lowest BCUT2D eigenvalue weighted by Crippen LogP contribution is -2.08. The van der Waals surface area contributed by atoms with Crippen molar-refractivity contribution >= 4 is 17.8 Å². The van der Waals surface area contributed by atoms with Gasteiger partial charge >= 0.3 is 5.97 Å². The second-order valence-corrected chi connectivity index (χ2v) is 6.90. The zero-order valence-electron chi connectivity index (χ0n) is 16.3. The highest BCUT2D eigenvalue weighted by atomic mass is 16.5. The minimum absolute atomic E-state index is 0.169. The number of hydrogen-bond donors (Lipinski definition) is 0. The summed E-state index contributed by atoms with van der Waals surface area (Å²) in [5.74, 6) is 0.386. The van der Waals surface area contributed by atoms with Crippen molar-refractivity contribution in [2.45, 2.75) is 20.3 Å². The lowest BCUT2D eigenvalue weighted by molar-refractivity contribution is 0.0734. The molecule has 1 aliphatic heterocycles. The van der Waals surface area contributed by atoms with Crippen molar-refractivity contribution in [3.05, 3.63) is 100 Å². The Labute approximate surface area is 169 Å². The molecule has 0 N–H and O–H groups in total. The first kappa shape index (κ1) is 18.7. The van der Waals surface area contributed by atoms with E-state index in [4.69, 9.17) is 9.47 Å². The molecule has 1 heterocycles. The van der Waals surface area contributed by atoms with Crippen LogP contribution in [0, 0.1) is 6.92 Å². The molecule has 0 aromatic heterocycles. The van der Waals surface area contributed by atoms with Crippen LogP contribution in [-0.2, 0) is 6.42 Å². The first-order valence-corrected chi connectivity index (χ1v) is 9.50. The van der Waals surface area contributed by atoms with Crippen LogP contribution in [0.15, 0.2) is 72.5 Å². The van der Waals surface area contributed by atoms with E-state index < -0.39 is 5.97 Å². The summed E-state index contributed by atoms with van der Waals surface area (Å²) in [7, 11) is 0. The molecule has 0 fully saturated rings. The minimum Gasteiger partial charge on any atom is -0.452 e. The number of aryl methyl sites for hydroxylation is 2. The summed E-state index contributed by atoms with van der Waals surface area (Å²) in [6.07, 6.45) is 2.69. The fourth-order valence-electron chi connectivity index (χ4n) is 3.28. The molecule has 144 valence electrons. The van der Waals surface area contributed by atoms with Crippen LogP contribution < -0.4 is 9.47 Å². The van der Waals surface area contributed by atoms with E-state index in [-0.39, 0.29) is 11.5 Å². The molecule has 0 atom stereocenters. The maximum atomic E-state index is 12.8. The van der Waals surface area contributed by atoms with Gasteiger partial charge in [-0.2, -0.15) is 0 Å². The monoisotopic (exact) mass is 384 g/mol. The Morgan fingerprint density at radius 2 is 1.76 bits per heavy atom. The van der Waals surface area contributed by atoms with E-state index in [1.165, 1.54) is 5.56 Å². The van der Waals surface area contributed by atoms with E-state index in [0.717, 1.165) is 12.0 Å². The van der Waals surface area contributed by atoms with Gasteiger partial charge in [0.2, 0.25) is 5.78 Å². The molecule has 3 aromatic carbocycles. The SMILES string of the molecule is CCc1ccc(/C=C2\Oc3cc(OC(=O)c4ccccc4)cc(C)c3C2=O)cc1. The Morgan fingerprint density at radius 3 is 2.45 bits per heavy atom. The van der Waals surface area contributed by atoms with Gasteiger partial charge in [0, 0.05) is 6.07 Å². The smallest absolute Gasteiger partial charge is 0.343 e. The van der Waals surface area contributed by atoms with Crippen molar-refractivity contribution in [1.29, 1.82) is 0 Å². The molecule has 0 amide bonds. The van der Waals surface area contributed by atoms with Gasteiger partial charge in [0.05, 0.1) is 11.1 Å². The second kappa shape index (κ2) is 7.76. The van der Waals surface area contributed by atoms with E-state index in [1.807, 2.05) is 30.3 Å². The molecular formula is C25H20O4. The van der Waals surface area contributed by atoms with Crippen LogP contribution in [0.5, 0.6) is 11.5 Å². The molecule has 4 nitrogen and oxygen atoms in total. The predicted octanol–water partition coefficient (Wildman–Crippen LogP) is 5.39. The highest BCUT2D eigenvalue weighted by Gasteiger charge is 2.30. The first-order valence-electron chi connectivity index (χ1n) is 9.50. The van der Waals surface area contributed by atoms with Crippen molar-refractivity contribution in [2.24, 2.45) is 0 Å². The van der Waals surface area contributed by atoms with Gasteiger partial charge in [-0.05, 0) is 54.3 Å². The molecule has 1 aliphatic rings. The van der Waals surface area contributed by atoms with Crippen molar-refractivity contribution in [3.8, 4) is 11.5 Å². The maximum absolute atomic E-state index is 12.8. The number of ketones is 1. The number of rotatable bonds is 4. The van der Waals surface area contributed by atoms with Crippen LogP contribution in [0.4, 0.5) is 0 Å². The second-order valence-electron chi connectivity index (χ2n) is 6.90. The average Bonchev–Trinajstić information content (AvgIpc) is 3.04. The molecule has 0 saturated heterocycles. The van der Waals surface area contributed by atoms with Crippen LogP contribution in [0.2, 0.25) is 0 Å². The average molecular weight is 384 g/mol. The first-order chi connectivity index (χ1) is 14.0. The lowest BCUT2D eigenvalue weighted by atomic mass is 10.0. The number of esters is 1. The fraction of sp³-hybridized carbons (Fsp3) is 0.120. The third-order valence-corrected chi connectivity index (χ3v) is 4.85. The number of Topliss-reactive ketones (excluding diaryl/α,β-unsaturated/α-hetero) is 1. The summed E-state index contributed by atoms with van der Waals surface area (Å²) in [4.78, 5) is 25.1. The van der Waals surface area contributed by atoms with E-state index >= 15 is 0 Å². The maximum Gasteiger partial charge on any atom is 0.343 e. The zero-order valence-corrected chi connectivity index (χ0v) is 16.3. The van der Waals surface area contributed by atoms with E-state index in [0.29, 0.717) is 28.2 Å². The molecule has 0 aliphatic carbocycles. The van der Waals surface area contributed by atoms with Crippen LogP contribution in [0.25, 0.3) is 6.08 Å². The van der Waals surface area contributed by atoms with Gasteiger partial charge in [0.15, 0.2) is 5.76 Å². The largest absolute Gasteiger partial charge is 0.452 e.